The smallest absolute Gasteiger partial charge is 0.265 e. The maximum Gasteiger partial charge on any atom is 0.265 e. The maximum absolute atomic E-state index is 12.6. The minimum atomic E-state index is -1.42. The molecule has 3 aromatic rings. The van der Waals surface area contributed by atoms with Crippen molar-refractivity contribution in [2.45, 2.75) is 12.1 Å². The Labute approximate surface area is 174 Å². The first-order chi connectivity index (χ1) is 13.4. The SMILES string of the molecule is O=C1COc2ccc(Cl)cc2N1CC(O)(Cn1cncn1)c1ccc(Br)cc1. The molecular weight excluding hydrogens is 448 g/mol. The molecule has 1 unspecified atom stereocenters. The molecule has 1 amide bonds. The Morgan fingerprint density at radius 1 is 1.21 bits per heavy atom. The second-order valence-corrected chi connectivity index (χ2v) is 7.86. The molecular formula is C19H16BrClN4O3. The lowest BCUT2D eigenvalue weighted by molar-refractivity contribution is -0.122. The van der Waals surface area contributed by atoms with E-state index in [1.165, 1.54) is 22.2 Å². The van der Waals surface area contributed by atoms with Crippen LogP contribution in [0.25, 0.3) is 0 Å². The molecule has 1 aliphatic rings. The molecule has 0 aliphatic carbocycles. The number of halogens is 2. The van der Waals surface area contributed by atoms with Gasteiger partial charge in [-0.05, 0) is 35.9 Å². The van der Waals surface area contributed by atoms with Gasteiger partial charge in [0.25, 0.3) is 5.91 Å². The van der Waals surface area contributed by atoms with Crippen LogP contribution in [0, 0.1) is 0 Å². The summed E-state index contributed by atoms with van der Waals surface area (Å²) in [6.45, 7) is 0.0214. The Balaban J connectivity index is 1.74. The van der Waals surface area contributed by atoms with Crippen molar-refractivity contribution in [1.29, 1.82) is 0 Å². The second kappa shape index (κ2) is 7.54. The number of β-amino-alcohol motifs (C(OH)–C–C–N with tert-alkyl or cyclic N) is 1. The third-order valence-corrected chi connectivity index (χ3v) is 5.32. The van der Waals surface area contributed by atoms with Gasteiger partial charge in [0.15, 0.2) is 6.61 Å². The van der Waals surface area contributed by atoms with Crippen molar-refractivity contribution < 1.29 is 14.6 Å². The molecule has 1 N–H and O–H groups in total. The molecule has 0 radical (unpaired) electrons. The topological polar surface area (TPSA) is 80.5 Å². The van der Waals surface area contributed by atoms with Gasteiger partial charge in [-0.1, -0.05) is 39.7 Å². The van der Waals surface area contributed by atoms with E-state index in [0.717, 1.165) is 4.47 Å². The van der Waals surface area contributed by atoms with Crippen molar-refractivity contribution in [2.24, 2.45) is 0 Å². The minimum Gasteiger partial charge on any atom is -0.482 e. The van der Waals surface area contributed by atoms with Crippen molar-refractivity contribution >= 4 is 39.1 Å². The highest BCUT2D eigenvalue weighted by Crippen LogP contribution is 2.37. The van der Waals surface area contributed by atoms with Crippen LogP contribution in [0.5, 0.6) is 5.75 Å². The average Bonchev–Trinajstić information content (AvgIpc) is 3.17. The molecule has 0 saturated carbocycles. The first kappa shape index (κ1) is 18.9. The first-order valence-corrected chi connectivity index (χ1v) is 9.65. The number of benzene rings is 2. The monoisotopic (exact) mass is 462 g/mol. The molecule has 2 aromatic carbocycles. The van der Waals surface area contributed by atoms with Gasteiger partial charge in [0.05, 0.1) is 18.8 Å². The van der Waals surface area contributed by atoms with Gasteiger partial charge in [0.1, 0.15) is 24.0 Å². The Kier molecular flexibility index (Phi) is 5.09. The van der Waals surface area contributed by atoms with Crippen LogP contribution in [-0.2, 0) is 16.9 Å². The summed E-state index contributed by atoms with van der Waals surface area (Å²) >= 11 is 9.53. The zero-order valence-corrected chi connectivity index (χ0v) is 17.0. The summed E-state index contributed by atoms with van der Waals surface area (Å²) in [6.07, 6.45) is 2.92. The van der Waals surface area contributed by atoms with Crippen molar-refractivity contribution in [1.82, 2.24) is 14.8 Å². The number of carbonyl (C=O) groups excluding carboxylic acids is 1. The van der Waals surface area contributed by atoms with Crippen molar-refractivity contribution in [3.05, 3.63) is 70.2 Å². The van der Waals surface area contributed by atoms with Gasteiger partial charge in [-0.2, -0.15) is 5.10 Å². The highest BCUT2D eigenvalue weighted by atomic mass is 79.9. The predicted molar refractivity (Wildman–Crippen MR) is 107 cm³/mol. The largest absolute Gasteiger partial charge is 0.482 e. The number of carbonyl (C=O) groups is 1. The fourth-order valence-corrected chi connectivity index (χ4v) is 3.62. The summed E-state index contributed by atoms with van der Waals surface area (Å²) in [5, 5.41) is 16.2. The zero-order chi connectivity index (χ0) is 19.7. The molecule has 0 spiro atoms. The number of anilines is 1. The lowest BCUT2D eigenvalue weighted by Gasteiger charge is -2.37. The van der Waals surface area contributed by atoms with Crippen LogP contribution >= 0.6 is 27.5 Å². The van der Waals surface area contributed by atoms with Crippen molar-refractivity contribution in [2.75, 3.05) is 18.1 Å². The maximum atomic E-state index is 12.6. The van der Waals surface area contributed by atoms with Gasteiger partial charge in [-0.25, -0.2) is 9.67 Å². The van der Waals surface area contributed by atoms with Crippen LogP contribution in [0.3, 0.4) is 0 Å². The van der Waals surface area contributed by atoms with E-state index in [1.807, 2.05) is 24.3 Å². The molecule has 9 heteroatoms. The van der Waals surface area contributed by atoms with Crippen molar-refractivity contribution in [3.8, 4) is 5.75 Å². The van der Waals surface area contributed by atoms with E-state index in [0.29, 0.717) is 22.0 Å². The highest BCUT2D eigenvalue weighted by molar-refractivity contribution is 9.10. The Morgan fingerprint density at radius 2 is 2.00 bits per heavy atom. The summed E-state index contributed by atoms with van der Waals surface area (Å²) in [6, 6.07) is 12.4. The molecule has 7 nitrogen and oxygen atoms in total. The van der Waals surface area contributed by atoms with Crippen LogP contribution in [0.2, 0.25) is 5.02 Å². The number of aliphatic hydroxyl groups is 1. The van der Waals surface area contributed by atoms with Gasteiger partial charge >= 0.3 is 0 Å². The van der Waals surface area contributed by atoms with Crippen LogP contribution in [0.4, 0.5) is 5.69 Å². The summed E-state index contributed by atoms with van der Waals surface area (Å²) in [7, 11) is 0. The minimum absolute atomic E-state index is 0.00400. The molecule has 0 fully saturated rings. The van der Waals surface area contributed by atoms with Gasteiger partial charge in [0, 0.05) is 9.50 Å². The van der Waals surface area contributed by atoms with Gasteiger partial charge in [-0.15, -0.1) is 0 Å². The number of rotatable bonds is 5. The number of hydrogen-bond donors (Lipinski definition) is 1. The molecule has 4 rings (SSSR count). The Bertz CT molecular complexity index is 997. The normalized spacial score (nSPS) is 15.7. The van der Waals surface area contributed by atoms with E-state index >= 15 is 0 Å². The van der Waals surface area contributed by atoms with E-state index in [-0.39, 0.29) is 25.6 Å². The predicted octanol–water partition coefficient (Wildman–Crippen LogP) is 3.01. The van der Waals surface area contributed by atoms with E-state index in [4.69, 9.17) is 16.3 Å². The van der Waals surface area contributed by atoms with E-state index in [9.17, 15) is 9.90 Å². The first-order valence-electron chi connectivity index (χ1n) is 8.48. The molecule has 2 heterocycles. The Morgan fingerprint density at radius 3 is 2.71 bits per heavy atom. The summed E-state index contributed by atoms with van der Waals surface area (Å²) in [5.41, 5.74) is -0.243. The van der Waals surface area contributed by atoms with E-state index < -0.39 is 5.60 Å². The zero-order valence-electron chi connectivity index (χ0n) is 14.6. The van der Waals surface area contributed by atoms with Crippen LogP contribution in [0.15, 0.2) is 59.6 Å². The molecule has 1 aliphatic heterocycles. The molecule has 0 saturated heterocycles. The average molecular weight is 464 g/mol. The van der Waals surface area contributed by atoms with Crippen molar-refractivity contribution in [3.63, 3.8) is 0 Å². The van der Waals surface area contributed by atoms with Gasteiger partial charge < -0.3 is 14.7 Å². The van der Waals surface area contributed by atoms with Crippen LogP contribution in [-0.4, -0.2) is 38.9 Å². The quantitative estimate of drug-likeness (QED) is 0.629. The van der Waals surface area contributed by atoms with Gasteiger partial charge in [-0.3, -0.25) is 4.79 Å². The van der Waals surface area contributed by atoms with Gasteiger partial charge in [0.2, 0.25) is 0 Å². The standard InChI is InChI=1S/C19H16BrClN4O3/c20-14-3-1-13(2-4-14)19(27,9-24-12-22-11-23-24)10-25-16-7-15(21)5-6-17(16)28-8-18(25)26/h1-7,11-12,27H,8-10H2. The number of fused-ring (bicyclic) bond motifs is 1. The van der Waals surface area contributed by atoms with E-state index in [2.05, 4.69) is 26.0 Å². The third kappa shape index (κ3) is 3.76. The van der Waals surface area contributed by atoms with Crippen LogP contribution < -0.4 is 9.64 Å². The third-order valence-electron chi connectivity index (χ3n) is 4.56. The fraction of sp³-hybridized carbons (Fsp3) is 0.211. The number of hydrogen-bond acceptors (Lipinski definition) is 5. The highest BCUT2D eigenvalue weighted by Gasteiger charge is 2.37. The summed E-state index contributed by atoms with van der Waals surface area (Å²) < 4.78 is 7.92. The Hall–Kier alpha value is -2.42. The summed E-state index contributed by atoms with van der Waals surface area (Å²) in [4.78, 5) is 18.1. The number of nitrogens with zero attached hydrogens (tertiary/aromatic N) is 4. The second-order valence-electron chi connectivity index (χ2n) is 6.51. The summed E-state index contributed by atoms with van der Waals surface area (Å²) in [5.74, 6) is 0.284. The molecule has 28 heavy (non-hydrogen) atoms. The lowest BCUT2D eigenvalue weighted by atomic mass is 9.92. The van der Waals surface area contributed by atoms with Crippen LogP contribution in [0.1, 0.15) is 5.56 Å². The number of aromatic nitrogens is 3. The molecule has 1 aromatic heterocycles. The molecule has 0 bridgehead atoms. The molecule has 1 atom stereocenters. The molecule has 144 valence electrons. The lowest BCUT2D eigenvalue weighted by Crippen LogP contribution is -2.49. The number of amides is 1. The number of ether oxygens (including phenoxy) is 1. The fourth-order valence-electron chi connectivity index (χ4n) is 3.19. The van der Waals surface area contributed by atoms with E-state index in [1.54, 1.807) is 18.2 Å².